The average Bonchev–Trinajstić information content (AvgIpc) is 3.36. The molecule has 0 saturated carbocycles. The Morgan fingerprint density at radius 3 is 0.886 bits per heavy atom. The molecular formula is C64H112O6. The number of carbonyl (C=O) groups excluding carboxylic acids is 3. The quantitative estimate of drug-likeness (QED) is 0.0261. The molecule has 70 heavy (non-hydrogen) atoms. The number of unbranched alkanes of at least 4 members (excludes halogenated alkanes) is 31. The first kappa shape index (κ1) is 66.9. The highest BCUT2D eigenvalue weighted by atomic mass is 16.6. The maximum absolute atomic E-state index is 12.9. The Balaban J connectivity index is 4.34. The second-order valence-corrected chi connectivity index (χ2v) is 19.9. The summed E-state index contributed by atoms with van der Waals surface area (Å²) in [5, 5.41) is 0. The van der Waals surface area contributed by atoms with E-state index in [1.54, 1.807) is 0 Å². The van der Waals surface area contributed by atoms with Gasteiger partial charge in [0.15, 0.2) is 6.10 Å². The highest BCUT2D eigenvalue weighted by Crippen LogP contribution is 2.15. The summed E-state index contributed by atoms with van der Waals surface area (Å²) < 4.78 is 16.9. The molecule has 0 bridgehead atoms. The summed E-state index contributed by atoms with van der Waals surface area (Å²) in [5.41, 5.74) is 0. The number of allylic oxidation sites excluding steroid dienone is 12. The number of carbonyl (C=O) groups is 3. The molecule has 1 atom stereocenters. The standard InChI is InChI=1S/C64H112O6/c1-4-7-10-13-16-19-22-25-28-29-30-31-32-33-34-35-37-39-42-45-48-51-54-57-63(66)69-60-61(59-68-62(65)56-53-50-47-44-41-38-27-24-21-18-15-12-9-6-3)70-64(67)58-55-52-49-46-43-40-36-26-23-20-17-14-11-8-5-2/h7,10,16,19,24-28,30-31,36,61H,4-6,8-9,11-15,17-18,20-23,29,32-35,37-60H2,1-3H3/b10-7-,19-16-,27-24-,28-25-,31-30-,36-26-. The minimum Gasteiger partial charge on any atom is -0.462 e. The van der Waals surface area contributed by atoms with Gasteiger partial charge in [-0.05, 0) is 109 Å². The van der Waals surface area contributed by atoms with Crippen molar-refractivity contribution in [1.29, 1.82) is 0 Å². The minimum atomic E-state index is -0.785. The third kappa shape index (κ3) is 55.8. The molecule has 0 aliphatic rings. The van der Waals surface area contributed by atoms with Crippen LogP contribution in [-0.4, -0.2) is 37.2 Å². The van der Waals surface area contributed by atoms with Gasteiger partial charge in [0, 0.05) is 19.3 Å². The molecule has 0 rings (SSSR count). The topological polar surface area (TPSA) is 78.9 Å². The first-order chi connectivity index (χ1) is 34.5. The Hall–Kier alpha value is -3.15. The van der Waals surface area contributed by atoms with E-state index in [0.717, 1.165) is 103 Å². The van der Waals surface area contributed by atoms with Gasteiger partial charge in [-0.15, -0.1) is 0 Å². The van der Waals surface area contributed by atoms with Crippen molar-refractivity contribution in [3.8, 4) is 0 Å². The molecule has 0 aliphatic carbocycles. The van der Waals surface area contributed by atoms with Crippen LogP contribution in [0.2, 0.25) is 0 Å². The smallest absolute Gasteiger partial charge is 0.306 e. The summed E-state index contributed by atoms with van der Waals surface area (Å²) in [4.78, 5) is 38.2. The van der Waals surface area contributed by atoms with Gasteiger partial charge in [0.25, 0.3) is 0 Å². The lowest BCUT2D eigenvalue weighted by Gasteiger charge is -2.18. The van der Waals surface area contributed by atoms with Gasteiger partial charge >= 0.3 is 17.9 Å². The Labute approximate surface area is 433 Å². The number of ether oxygens (including phenoxy) is 3. The van der Waals surface area contributed by atoms with Gasteiger partial charge in [-0.1, -0.05) is 241 Å². The zero-order valence-electron chi connectivity index (χ0n) is 46.3. The van der Waals surface area contributed by atoms with Crippen molar-refractivity contribution < 1.29 is 28.6 Å². The maximum Gasteiger partial charge on any atom is 0.306 e. The minimum absolute atomic E-state index is 0.0824. The highest BCUT2D eigenvalue weighted by Gasteiger charge is 2.19. The molecule has 0 N–H and O–H groups in total. The van der Waals surface area contributed by atoms with Gasteiger partial charge in [-0.2, -0.15) is 0 Å². The van der Waals surface area contributed by atoms with Gasteiger partial charge in [-0.3, -0.25) is 14.4 Å². The lowest BCUT2D eigenvalue weighted by atomic mass is 10.1. The highest BCUT2D eigenvalue weighted by molar-refractivity contribution is 5.71. The first-order valence-corrected chi connectivity index (χ1v) is 29.9. The van der Waals surface area contributed by atoms with Crippen LogP contribution in [0, 0.1) is 0 Å². The lowest BCUT2D eigenvalue weighted by molar-refractivity contribution is -0.167. The van der Waals surface area contributed by atoms with E-state index in [2.05, 4.69) is 93.7 Å². The van der Waals surface area contributed by atoms with Crippen molar-refractivity contribution in [3.63, 3.8) is 0 Å². The van der Waals surface area contributed by atoms with Crippen LogP contribution in [0.4, 0.5) is 0 Å². The van der Waals surface area contributed by atoms with Gasteiger partial charge in [-0.25, -0.2) is 0 Å². The second kappa shape index (κ2) is 58.4. The first-order valence-electron chi connectivity index (χ1n) is 29.9. The molecule has 0 aliphatic heterocycles. The Bertz CT molecular complexity index is 1310. The molecule has 0 saturated heterocycles. The number of esters is 3. The van der Waals surface area contributed by atoms with Crippen molar-refractivity contribution in [3.05, 3.63) is 72.9 Å². The van der Waals surface area contributed by atoms with Gasteiger partial charge in [0.1, 0.15) is 13.2 Å². The molecule has 1 unspecified atom stereocenters. The molecule has 404 valence electrons. The van der Waals surface area contributed by atoms with Crippen molar-refractivity contribution >= 4 is 17.9 Å². The molecule has 0 aromatic heterocycles. The summed E-state index contributed by atoms with van der Waals surface area (Å²) in [5.74, 6) is -0.893. The fourth-order valence-corrected chi connectivity index (χ4v) is 8.42. The van der Waals surface area contributed by atoms with E-state index in [-0.39, 0.29) is 31.1 Å². The Kier molecular flexibility index (Phi) is 55.8. The van der Waals surface area contributed by atoms with E-state index in [1.807, 2.05) is 0 Å². The third-order valence-corrected chi connectivity index (χ3v) is 12.9. The van der Waals surface area contributed by atoms with Crippen LogP contribution in [-0.2, 0) is 28.6 Å². The normalized spacial score (nSPS) is 12.6. The van der Waals surface area contributed by atoms with Crippen LogP contribution in [0.5, 0.6) is 0 Å². The second-order valence-electron chi connectivity index (χ2n) is 19.9. The SMILES string of the molecule is CC/C=C\C/C=C\C/C=C\C/C=C\CCCCCCCCCCCCC(=O)OCC(COC(=O)CCCCCCC/C=C\CCCCCCC)OC(=O)CCCCCCC/C=C\CCCCCCCC. The predicted molar refractivity (Wildman–Crippen MR) is 302 cm³/mol. The van der Waals surface area contributed by atoms with E-state index in [9.17, 15) is 14.4 Å². The van der Waals surface area contributed by atoms with Crippen molar-refractivity contribution in [2.45, 2.75) is 303 Å². The maximum atomic E-state index is 12.9. The molecule has 0 heterocycles. The largest absolute Gasteiger partial charge is 0.462 e. The molecule has 6 nitrogen and oxygen atoms in total. The van der Waals surface area contributed by atoms with Gasteiger partial charge in [0.05, 0.1) is 0 Å². The van der Waals surface area contributed by atoms with Crippen molar-refractivity contribution in [2.24, 2.45) is 0 Å². The van der Waals surface area contributed by atoms with Crippen molar-refractivity contribution in [1.82, 2.24) is 0 Å². The zero-order valence-corrected chi connectivity index (χ0v) is 46.3. The van der Waals surface area contributed by atoms with Crippen molar-refractivity contribution in [2.75, 3.05) is 13.2 Å². The lowest BCUT2D eigenvalue weighted by Crippen LogP contribution is -2.30. The van der Waals surface area contributed by atoms with E-state index >= 15 is 0 Å². The molecule has 0 fully saturated rings. The average molecular weight is 978 g/mol. The number of hydrogen-bond acceptors (Lipinski definition) is 6. The Morgan fingerprint density at radius 1 is 0.300 bits per heavy atom. The fraction of sp³-hybridized carbons (Fsp3) is 0.766. The molecule has 0 amide bonds. The van der Waals surface area contributed by atoms with Gasteiger partial charge < -0.3 is 14.2 Å². The van der Waals surface area contributed by atoms with E-state index in [0.29, 0.717) is 19.3 Å². The molecular weight excluding hydrogens is 865 g/mol. The molecule has 0 aromatic rings. The summed E-state index contributed by atoms with van der Waals surface area (Å²) in [7, 11) is 0. The summed E-state index contributed by atoms with van der Waals surface area (Å²) in [6.07, 6.45) is 74.6. The third-order valence-electron chi connectivity index (χ3n) is 12.9. The molecule has 0 radical (unpaired) electrons. The van der Waals surface area contributed by atoms with Crippen LogP contribution in [0.25, 0.3) is 0 Å². The molecule has 0 aromatic carbocycles. The van der Waals surface area contributed by atoms with E-state index in [1.165, 1.54) is 154 Å². The van der Waals surface area contributed by atoms with Gasteiger partial charge in [0.2, 0.25) is 0 Å². The molecule has 0 spiro atoms. The zero-order chi connectivity index (χ0) is 50.7. The predicted octanol–water partition coefficient (Wildman–Crippen LogP) is 20.2. The summed E-state index contributed by atoms with van der Waals surface area (Å²) in [6, 6.07) is 0. The van der Waals surface area contributed by atoms with E-state index < -0.39 is 6.10 Å². The van der Waals surface area contributed by atoms with Crippen LogP contribution in [0.3, 0.4) is 0 Å². The molecule has 6 heteroatoms. The van der Waals surface area contributed by atoms with Crippen LogP contribution in [0.15, 0.2) is 72.9 Å². The monoisotopic (exact) mass is 977 g/mol. The summed E-state index contributed by atoms with van der Waals surface area (Å²) >= 11 is 0. The van der Waals surface area contributed by atoms with E-state index in [4.69, 9.17) is 14.2 Å². The number of rotatable bonds is 54. The number of hydrogen-bond donors (Lipinski definition) is 0. The van der Waals surface area contributed by atoms with Crippen LogP contribution >= 0.6 is 0 Å². The van der Waals surface area contributed by atoms with Crippen LogP contribution < -0.4 is 0 Å². The summed E-state index contributed by atoms with van der Waals surface area (Å²) in [6.45, 7) is 6.52. The Morgan fingerprint density at radius 2 is 0.557 bits per heavy atom. The fourth-order valence-electron chi connectivity index (χ4n) is 8.42. The van der Waals surface area contributed by atoms with Crippen LogP contribution in [0.1, 0.15) is 297 Å².